The van der Waals surface area contributed by atoms with E-state index in [2.05, 4.69) is 63.4 Å². The van der Waals surface area contributed by atoms with E-state index in [9.17, 15) is 9.59 Å². The van der Waals surface area contributed by atoms with Crippen LogP contribution in [-0.2, 0) is 13.6 Å². The standard InChI is InChI=1S/C29H37N7O2/c1-6-19(3)36-17-18(2)27-23(28(37)32-16-24-20(4)34(5)33-29(24)38)13-22(14-25(27)36)21-7-8-26(31-15-21)35-11-9-30-10-12-35/h7-8,13-15,17,19,30H,6,9-12,16H2,1-5H3,(H,32,37)(H,33,38). The van der Waals surface area contributed by atoms with Gasteiger partial charge in [0.25, 0.3) is 11.5 Å². The fourth-order valence-corrected chi connectivity index (χ4v) is 5.27. The zero-order valence-corrected chi connectivity index (χ0v) is 22.9. The smallest absolute Gasteiger partial charge is 0.269 e. The maximum Gasteiger partial charge on any atom is 0.269 e. The van der Waals surface area contributed by atoms with E-state index < -0.39 is 0 Å². The van der Waals surface area contributed by atoms with E-state index in [4.69, 9.17) is 4.98 Å². The molecule has 0 bridgehead atoms. The first-order valence-electron chi connectivity index (χ1n) is 13.4. The molecule has 5 rings (SSSR count). The van der Waals surface area contributed by atoms with Gasteiger partial charge in [-0.05, 0) is 62.6 Å². The Labute approximate surface area is 222 Å². The summed E-state index contributed by atoms with van der Waals surface area (Å²) in [5.74, 6) is 0.770. The molecule has 9 heteroatoms. The van der Waals surface area contributed by atoms with Gasteiger partial charge in [-0.3, -0.25) is 19.4 Å². The number of pyridine rings is 1. The maximum absolute atomic E-state index is 13.6. The molecule has 200 valence electrons. The Morgan fingerprint density at radius 2 is 1.92 bits per heavy atom. The Morgan fingerprint density at radius 1 is 1.16 bits per heavy atom. The van der Waals surface area contributed by atoms with Gasteiger partial charge in [0.05, 0.1) is 12.1 Å². The number of fused-ring (bicyclic) bond motifs is 1. The van der Waals surface area contributed by atoms with Gasteiger partial charge in [-0.1, -0.05) is 6.92 Å². The second-order valence-electron chi connectivity index (χ2n) is 10.3. The summed E-state index contributed by atoms with van der Waals surface area (Å²) in [7, 11) is 1.79. The van der Waals surface area contributed by atoms with Gasteiger partial charge in [0, 0.05) is 79.4 Å². The van der Waals surface area contributed by atoms with Crippen molar-refractivity contribution in [3.8, 4) is 11.1 Å². The van der Waals surface area contributed by atoms with Gasteiger partial charge < -0.3 is 20.1 Å². The van der Waals surface area contributed by atoms with Crippen molar-refractivity contribution in [2.45, 2.75) is 46.7 Å². The third kappa shape index (κ3) is 4.74. The number of hydrogen-bond acceptors (Lipinski definition) is 5. The summed E-state index contributed by atoms with van der Waals surface area (Å²) in [6.07, 6.45) is 5.01. The normalized spacial score (nSPS) is 14.7. The molecule has 3 aromatic heterocycles. The van der Waals surface area contributed by atoms with Crippen molar-refractivity contribution in [1.29, 1.82) is 0 Å². The van der Waals surface area contributed by atoms with Gasteiger partial charge in [0.2, 0.25) is 0 Å². The van der Waals surface area contributed by atoms with E-state index in [0.29, 0.717) is 11.1 Å². The minimum Gasteiger partial charge on any atom is -0.354 e. The summed E-state index contributed by atoms with van der Waals surface area (Å²) >= 11 is 0. The van der Waals surface area contributed by atoms with Crippen LogP contribution in [0, 0.1) is 13.8 Å². The maximum atomic E-state index is 13.6. The number of rotatable bonds is 7. The van der Waals surface area contributed by atoms with Crippen molar-refractivity contribution in [3.05, 3.63) is 69.4 Å². The van der Waals surface area contributed by atoms with Crippen LogP contribution in [0.2, 0.25) is 0 Å². The molecule has 4 aromatic rings. The first-order chi connectivity index (χ1) is 18.3. The zero-order chi connectivity index (χ0) is 27.0. The topological polar surface area (TPSA) is 100.0 Å². The van der Waals surface area contributed by atoms with Crippen LogP contribution in [0.4, 0.5) is 5.82 Å². The lowest BCUT2D eigenvalue weighted by molar-refractivity contribution is 0.0952. The van der Waals surface area contributed by atoms with Crippen LogP contribution in [0.5, 0.6) is 0 Å². The van der Waals surface area contributed by atoms with Crippen molar-refractivity contribution in [2.75, 3.05) is 31.1 Å². The number of nitrogens with one attached hydrogen (secondary N) is 3. The summed E-state index contributed by atoms with van der Waals surface area (Å²) in [5.41, 5.74) is 5.78. The summed E-state index contributed by atoms with van der Waals surface area (Å²) in [6, 6.07) is 8.56. The number of piperazine rings is 1. The second-order valence-corrected chi connectivity index (χ2v) is 10.3. The van der Waals surface area contributed by atoms with E-state index in [1.165, 1.54) is 0 Å². The fraction of sp³-hybridized carbons (Fsp3) is 0.414. The number of anilines is 1. The minimum atomic E-state index is -0.199. The number of benzene rings is 1. The van der Waals surface area contributed by atoms with Gasteiger partial charge in [-0.25, -0.2) is 4.98 Å². The molecular formula is C29H37N7O2. The highest BCUT2D eigenvalue weighted by Gasteiger charge is 2.21. The third-order valence-corrected chi connectivity index (χ3v) is 7.86. The van der Waals surface area contributed by atoms with Crippen LogP contribution < -0.4 is 21.1 Å². The summed E-state index contributed by atoms with van der Waals surface area (Å²) < 4.78 is 3.94. The predicted octanol–water partition coefficient (Wildman–Crippen LogP) is 3.66. The molecule has 0 radical (unpaired) electrons. The number of hydrogen-bond donors (Lipinski definition) is 3. The van der Waals surface area contributed by atoms with E-state index in [0.717, 1.165) is 71.7 Å². The second kappa shape index (κ2) is 10.5. The van der Waals surface area contributed by atoms with Crippen molar-refractivity contribution in [1.82, 2.24) is 30.0 Å². The number of aromatic nitrogens is 4. The highest BCUT2D eigenvalue weighted by molar-refractivity contribution is 6.09. The first-order valence-corrected chi connectivity index (χ1v) is 13.4. The van der Waals surface area contributed by atoms with E-state index in [-0.39, 0.29) is 24.1 Å². The molecule has 3 N–H and O–H groups in total. The molecule has 0 saturated carbocycles. The van der Waals surface area contributed by atoms with Crippen molar-refractivity contribution in [2.24, 2.45) is 7.05 Å². The van der Waals surface area contributed by atoms with Crippen LogP contribution in [0.25, 0.3) is 22.0 Å². The number of aryl methyl sites for hydroxylation is 2. The molecule has 9 nitrogen and oxygen atoms in total. The number of nitrogens with zero attached hydrogens (tertiary/aromatic N) is 4. The average molecular weight is 516 g/mol. The summed E-state index contributed by atoms with van der Waals surface area (Å²) in [4.78, 5) is 33.0. The molecule has 1 saturated heterocycles. The van der Waals surface area contributed by atoms with Crippen LogP contribution >= 0.6 is 0 Å². The number of H-pyrrole nitrogens is 1. The zero-order valence-electron chi connectivity index (χ0n) is 22.9. The molecule has 1 aliphatic heterocycles. The Hall–Kier alpha value is -3.85. The highest BCUT2D eigenvalue weighted by atomic mass is 16.2. The summed E-state index contributed by atoms with van der Waals surface area (Å²) in [6.45, 7) is 12.2. The van der Waals surface area contributed by atoms with Crippen LogP contribution in [-0.4, -0.2) is 51.4 Å². The average Bonchev–Trinajstić information content (AvgIpc) is 3.40. The van der Waals surface area contributed by atoms with E-state index in [1.54, 1.807) is 11.7 Å². The van der Waals surface area contributed by atoms with Gasteiger partial charge in [-0.2, -0.15) is 0 Å². The molecule has 1 aromatic carbocycles. The molecule has 1 unspecified atom stereocenters. The molecule has 1 amide bonds. The lowest BCUT2D eigenvalue weighted by atomic mass is 9.98. The number of carbonyl (C=O) groups is 1. The molecule has 4 heterocycles. The van der Waals surface area contributed by atoms with Gasteiger partial charge >= 0.3 is 0 Å². The highest BCUT2D eigenvalue weighted by Crippen LogP contribution is 2.34. The van der Waals surface area contributed by atoms with E-state index in [1.807, 2.05) is 26.1 Å². The van der Waals surface area contributed by atoms with Crippen LogP contribution in [0.15, 0.2) is 41.5 Å². The molecule has 0 aliphatic carbocycles. The Bertz CT molecular complexity index is 1520. The quantitative estimate of drug-likeness (QED) is 0.349. The number of carbonyl (C=O) groups excluding carboxylic acids is 1. The van der Waals surface area contributed by atoms with Crippen molar-refractivity contribution >= 4 is 22.6 Å². The SMILES string of the molecule is CCC(C)n1cc(C)c2c(C(=O)NCc3c(C)n(C)[nH]c3=O)cc(-c3ccc(N4CCNCC4)nc3)cc21. The largest absolute Gasteiger partial charge is 0.354 e. The Morgan fingerprint density at radius 3 is 2.55 bits per heavy atom. The van der Waals surface area contributed by atoms with Gasteiger partial charge in [0.15, 0.2) is 0 Å². The Balaban J connectivity index is 1.54. The van der Waals surface area contributed by atoms with Crippen LogP contribution in [0.3, 0.4) is 0 Å². The number of amides is 1. The van der Waals surface area contributed by atoms with Crippen molar-refractivity contribution < 1.29 is 4.79 Å². The predicted molar refractivity (Wildman–Crippen MR) is 152 cm³/mol. The molecule has 0 spiro atoms. The number of aromatic amines is 1. The van der Waals surface area contributed by atoms with Crippen LogP contribution in [0.1, 0.15) is 53.5 Å². The monoisotopic (exact) mass is 515 g/mol. The van der Waals surface area contributed by atoms with Crippen molar-refractivity contribution in [3.63, 3.8) is 0 Å². The molecular weight excluding hydrogens is 478 g/mol. The van der Waals surface area contributed by atoms with Gasteiger partial charge in [0.1, 0.15) is 5.82 Å². The minimum absolute atomic E-state index is 0.165. The lowest BCUT2D eigenvalue weighted by Crippen LogP contribution is -2.43. The molecule has 38 heavy (non-hydrogen) atoms. The first kappa shape index (κ1) is 25.8. The molecule has 1 fully saturated rings. The van der Waals surface area contributed by atoms with E-state index >= 15 is 0 Å². The summed E-state index contributed by atoms with van der Waals surface area (Å²) in [5, 5.41) is 10.1. The fourth-order valence-electron chi connectivity index (χ4n) is 5.27. The third-order valence-electron chi connectivity index (χ3n) is 7.86. The van der Waals surface area contributed by atoms with Gasteiger partial charge in [-0.15, -0.1) is 0 Å². The lowest BCUT2D eigenvalue weighted by Gasteiger charge is -2.28. The molecule has 1 aliphatic rings. The molecule has 1 atom stereocenters. The Kier molecular flexibility index (Phi) is 7.12.